The standard InChI is InChI=1S/C16H20BrNO2/c1-18-13-9-8-12(10-14(13)20-16(18)19)15(17)11-6-4-2-3-5-7-11/h8-11,15H,2-7H2,1H3. The average Bonchev–Trinajstić information content (AvgIpc) is 2.65. The SMILES string of the molecule is Cn1c(=O)oc2cc(C(Br)C3CCCCCC3)ccc21. The highest BCUT2D eigenvalue weighted by Gasteiger charge is 2.22. The molecule has 1 saturated carbocycles. The summed E-state index contributed by atoms with van der Waals surface area (Å²) in [5.74, 6) is 0.392. The Kier molecular flexibility index (Phi) is 4.01. The molecular formula is C16H20BrNO2. The average molecular weight is 338 g/mol. The minimum Gasteiger partial charge on any atom is -0.408 e. The molecule has 2 aromatic rings. The molecule has 1 unspecified atom stereocenters. The predicted octanol–water partition coefficient (Wildman–Crippen LogP) is 4.54. The molecule has 1 aromatic carbocycles. The Balaban J connectivity index is 1.90. The number of oxazole rings is 1. The van der Waals surface area contributed by atoms with Crippen molar-refractivity contribution in [2.75, 3.05) is 0 Å². The maximum Gasteiger partial charge on any atom is 0.419 e. The molecule has 4 heteroatoms. The van der Waals surface area contributed by atoms with Gasteiger partial charge < -0.3 is 4.42 Å². The molecule has 3 rings (SSSR count). The quantitative estimate of drug-likeness (QED) is 0.595. The summed E-state index contributed by atoms with van der Waals surface area (Å²) in [4.78, 5) is 11.9. The molecule has 0 saturated heterocycles. The molecule has 0 spiro atoms. The van der Waals surface area contributed by atoms with Gasteiger partial charge >= 0.3 is 5.76 Å². The van der Waals surface area contributed by atoms with Crippen LogP contribution in [0.4, 0.5) is 0 Å². The van der Waals surface area contributed by atoms with Gasteiger partial charge in [-0.25, -0.2) is 4.79 Å². The van der Waals surface area contributed by atoms with Gasteiger partial charge in [-0.2, -0.15) is 0 Å². The zero-order valence-corrected chi connectivity index (χ0v) is 13.4. The number of aromatic nitrogens is 1. The van der Waals surface area contributed by atoms with Crippen molar-refractivity contribution < 1.29 is 4.42 Å². The fourth-order valence-electron chi connectivity index (χ4n) is 3.20. The van der Waals surface area contributed by atoms with Crippen LogP contribution in [0, 0.1) is 5.92 Å². The molecule has 1 aliphatic carbocycles. The Morgan fingerprint density at radius 2 is 1.95 bits per heavy atom. The monoisotopic (exact) mass is 337 g/mol. The largest absolute Gasteiger partial charge is 0.419 e. The lowest BCUT2D eigenvalue weighted by Crippen LogP contribution is -2.08. The number of rotatable bonds is 2. The van der Waals surface area contributed by atoms with Crippen molar-refractivity contribution in [3.63, 3.8) is 0 Å². The molecule has 1 heterocycles. The zero-order chi connectivity index (χ0) is 14.1. The maximum absolute atomic E-state index is 11.6. The van der Waals surface area contributed by atoms with E-state index in [4.69, 9.17) is 4.42 Å². The van der Waals surface area contributed by atoms with Crippen molar-refractivity contribution in [1.29, 1.82) is 0 Å². The minimum atomic E-state index is -0.294. The summed E-state index contributed by atoms with van der Waals surface area (Å²) in [6.45, 7) is 0. The fourth-order valence-corrected chi connectivity index (χ4v) is 4.01. The van der Waals surface area contributed by atoms with E-state index in [-0.39, 0.29) is 5.76 Å². The number of fused-ring (bicyclic) bond motifs is 1. The van der Waals surface area contributed by atoms with Crippen LogP contribution in [0.15, 0.2) is 27.4 Å². The van der Waals surface area contributed by atoms with E-state index in [1.54, 1.807) is 11.6 Å². The summed E-state index contributed by atoms with van der Waals surface area (Å²) < 4.78 is 6.84. The van der Waals surface area contributed by atoms with Crippen LogP contribution in [0.25, 0.3) is 11.1 Å². The van der Waals surface area contributed by atoms with E-state index >= 15 is 0 Å². The van der Waals surface area contributed by atoms with Gasteiger partial charge in [-0.05, 0) is 36.5 Å². The van der Waals surface area contributed by atoms with E-state index in [1.807, 2.05) is 12.1 Å². The molecule has 1 fully saturated rings. The number of aryl methyl sites for hydroxylation is 1. The number of benzene rings is 1. The van der Waals surface area contributed by atoms with Crippen LogP contribution < -0.4 is 5.76 Å². The first-order chi connectivity index (χ1) is 9.66. The van der Waals surface area contributed by atoms with Gasteiger partial charge in [0.25, 0.3) is 0 Å². The molecule has 1 atom stereocenters. The van der Waals surface area contributed by atoms with Crippen molar-refractivity contribution in [1.82, 2.24) is 4.57 Å². The predicted molar refractivity (Wildman–Crippen MR) is 84.3 cm³/mol. The Morgan fingerprint density at radius 1 is 1.25 bits per heavy atom. The van der Waals surface area contributed by atoms with Gasteiger partial charge in [0.15, 0.2) is 5.58 Å². The van der Waals surface area contributed by atoms with E-state index in [0.717, 1.165) is 5.52 Å². The Morgan fingerprint density at radius 3 is 2.65 bits per heavy atom. The highest BCUT2D eigenvalue weighted by Crippen LogP contribution is 2.39. The first-order valence-corrected chi connectivity index (χ1v) is 8.32. The van der Waals surface area contributed by atoms with Gasteiger partial charge in [0.1, 0.15) is 0 Å². The summed E-state index contributed by atoms with van der Waals surface area (Å²) in [5.41, 5.74) is 2.77. The van der Waals surface area contributed by atoms with E-state index in [9.17, 15) is 4.79 Å². The Labute approximate surface area is 127 Å². The zero-order valence-electron chi connectivity index (χ0n) is 11.8. The molecule has 20 heavy (non-hydrogen) atoms. The molecule has 1 aliphatic rings. The van der Waals surface area contributed by atoms with Crippen LogP contribution in [0.2, 0.25) is 0 Å². The summed E-state index contributed by atoms with van der Waals surface area (Å²) in [5, 5.41) is 0. The molecule has 0 aliphatic heterocycles. The van der Waals surface area contributed by atoms with Gasteiger partial charge in [-0.3, -0.25) is 4.57 Å². The summed E-state index contributed by atoms with van der Waals surface area (Å²) in [7, 11) is 1.74. The Hall–Kier alpha value is -1.03. The van der Waals surface area contributed by atoms with Gasteiger partial charge in [0.2, 0.25) is 0 Å². The molecule has 0 radical (unpaired) electrons. The molecule has 0 amide bonds. The third-order valence-electron chi connectivity index (χ3n) is 4.45. The summed E-state index contributed by atoms with van der Waals surface area (Å²) in [6.07, 6.45) is 7.95. The van der Waals surface area contributed by atoms with Crippen molar-refractivity contribution in [2.45, 2.75) is 43.4 Å². The second kappa shape index (κ2) is 5.76. The third kappa shape index (κ3) is 2.58. The van der Waals surface area contributed by atoms with Crippen LogP contribution in [0.5, 0.6) is 0 Å². The number of alkyl halides is 1. The van der Waals surface area contributed by atoms with Gasteiger partial charge in [0, 0.05) is 11.9 Å². The van der Waals surface area contributed by atoms with Gasteiger partial charge in [0.05, 0.1) is 5.52 Å². The smallest absolute Gasteiger partial charge is 0.408 e. The molecule has 0 bridgehead atoms. The second-order valence-corrected chi connectivity index (χ2v) is 6.79. The van der Waals surface area contributed by atoms with Crippen LogP contribution in [0.3, 0.4) is 0 Å². The van der Waals surface area contributed by atoms with E-state index < -0.39 is 0 Å². The van der Waals surface area contributed by atoms with Crippen molar-refractivity contribution in [3.8, 4) is 0 Å². The number of hydrogen-bond donors (Lipinski definition) is 0. The van der Waals surface area contributed by atoms with Crippen LogP contribution in [0.1, 0.15) is 48.9 Å². The summed E-state index contributed by atoms with van der Waals surface area (Å²) in [6, 6.07) is 6.11. The first-order valence-electron chi connectivity index (χ1n) is 7.40. The van der Waals surface area contributed by atoms with Crippen molar-refractivity contribution >= 4 is 27.0 Å². The van der Waals surface area contributed by atoms with Crippen molar-refractivity contribution in [2.24, 2.45) is 13.0 Å². The number of hydrogen-bond acceptors (Lipinski definition) is 2. The maximum atomic E-state index is 11.6. The van der Waals surface area contributed by atoms with Crippen LogP contribution >= 0.6 is 15.9 Å². The second-order valence-electron chi connectivity index (χ2n) is 5.81. The highest BCUT2D eigenvalue weighted by atomic mass is 79.9. The molecular weight excluding hydrogens is 318 g/mol. The number of halogens is 1. The lowest BCUT2D eigenvalue weighted by atomic mass is 9.92. The number of nitrogens with zero attached hydrogens (tertiary/aromatic N) is 1. The third-order valence-corrected chi connectivity index (χ3v) is 5.72. The lowest BCUT2D eigenvalue weighted by molar-refractivity contribution is 0.454. The van der Waals surface area contributed by atoms with E-state index in [2.05, 4.69) is 22.0 Å². The molecule has 108 valence electrons. The topological polar surface area (TPSA) is 35.1 Å². The lowest BCUT2D eigenvalue weighted by Gasteiger charge is -2.21. The van der Waals surface area contributed by atoms with Gasteiger partial charge in [-0.15, -0.1) is 0 Å². The minimum absolute atomic E-state index is 0.294. The Bertz CT molecular complexity index is 650. The van der Waals surface area contributed by atoms with E-state index in [0.29, 0.717) is 16.3 Å². The molecule has 1 aromatic heterocycles. The highest BCUT2D eigenvalue weighted by molar-refractivity contribution is 9.09. The molecule has 0 N–H and O–H groups in total. The first kappa shape index (κ1) is 13.9. The van der Waals surface area contributed by atoms with Crippen LogP contribution in [-0.2, 0) is 7.05 Å². The van der Waals surface area contributed by atoms with Gasteiger partial charge in [-0.1, -0.05) is 47.7 Å². The summed E-state index contributed by atoms with van der Waals surface area (Å²) >= 11 is 3.87. The van der Waals surface area contributed by atoms with Crippen LogP contribution in [-0.4, -0.2) is 4.57 Å². The molecule has 3 nitrogen and oxygen atoms in total. The van der Waals surface area contributed by atoms with E-state index in [1.165, 1.54) is 44.1 Å². The fraction of sp³-hybridized carbons (Fsp3) is 0.562. The van der Waals surface area contributed by atoms with Crippen molar-refractivity contribution in [3.05, 3.63) is 34.3 Å². The normalized spacial score (nSPS) is 19.1.